The molecule has 1 nitrogen and oxygen atoms in total. The van der Waals surface area contributed by atoms with Gasteiger partial charge < -0.3 is 5.11 Å². The molecule has 0 spiro atoms. The van der Waals surface area contributed by atoms with Crippen LogP contribution in [0.3, 0.4) is 0 Å². The van der Waals surface area contributed by atoms with Crippen LogP contribution in [0.4, 0.5) is 0 Å². The standard InChI is InChI=1S/C25H36OS/c1-3-5-11-17-25(26,18-12-6-4-2)19-21-13-7-9-15-23(21)24-16-10-8-14-22(24)20-27/h7-10,13-16,26-27H,3-6,11-12,17-20H2,1-2H3. The Labute approximate surface area is 171 Å². The van der Waals surface area contributed by atoms with Gasteiger partial charge in [-0.3, -0.25) is 0 Å². The number of thiol groups is 1. The first kappa shape index (κ1) is 22.0. The first-order valence-corrected chi connectivity index (χ1v) is 11.3. The van der Waals surface area contributed by atoms with Gasteiger partial charge >= 0.3 is 0 Å². The van der Waals surface area contributed by atoms with Gasteiger partial charge in [0.15, 0.2) is 0 Å². The van der Waals surface area contributed by atoms with Crippen molar-refractivity contribution in [1.29, 1.82) is 0 Å². The van der Waals surface area contributed by atoms with E-state index in [0.29, 0.717) is 0 Å². The largest absolute Gasteiger partial charge is 0.390 e. The highest BCUT2D eigenvalue weighted by molar-refractivity contribution is 7.79. The van der Waals surface area contributed by atoms with Crippen LogP contribution in [-0.2, 0) is 12.2 Å². The van der Waals surface area contributed by atoms with Gasteiger partial charge in [0, 0.05) is 12.2 Å². The van der Waals surface area contributed by atoms with Gasteiger partial charge in [-0.05, 0) is 35.1 Å². The van der Waals surface area contributed by atoms with Crippen molar-refractivity contribution >= 4 is 12.6 Å². The average Bonchev–Trinajstić information content (AvgIpc) is 2.69. The lowest BCUT2D eigenvalue weighted by molar-refractivity contribution is 0.0183. The molecule has 2 aromatic rings. The molecule has 0 amide bonds. The SMILES string of the molecule is CCCCCC(O)(CCCCC)Cc1ccccc1-c1ccccc1CS. The van der Waals surface area contributed by atoms with E-state index in [-0.39, 0.29) is 0 Å². The van der Waals surface area contributed by atoms with Crippen LogP contribution in [0.25, 0.3) is 11.1 Å². The third kappa shape index (κ3) is 6.69. The van der Waals surface area contributed by atoms with Crippen LogP contribution >= 0.6 is 12.6 Å². The maximum atomic E-state index is 11.5. The molecule has 0 atom stereocenters. The maximum absolute atomic E-state index is 11.5. The van der Waals surface area contributed by atoms with Crippen molar-refractivity contribution in [3.63, 3.8) is 0 Å². The molecule has 27 heavy (non-hydrogen) atoms. The van der Waals surface area contributed by atoms with Crippen LogP contribution in [0, 0.1) is 0 Å². The van der Waals surface area contributed by atoms with E-state index in [1.54, 1.807) is 0 Å². The number of rotatable bonds is 12. The third-order valence-corrected chi connectivity index (χ3v) is 5.85. The van der Waals surface area contributed by atoms with Crippen molar-refractivity contribution in [3.05, 3.63) is 59.7 Å². The van der Waals surface area contributed by atoms with Crippen molar-refractivity contribution in [2.24, 2.45) is 0 Å². The number of unbranched alkanes of at least 4 members (excludes halogenated alkanes) is 4. The number of aliphatic hydroxyl groups is 1. The Morgan fingerprint density at radius 2 is 1.22 bits per heavy atom. The molecule has 0 fully saturated rings. The van der Waals surface area contributed by atoms with Crippen LogP contribution in [0.15, 0.2) is 48.5 Å². The number of hydrogen-bond donors (Lipinski definition) is 2. The summed E-state index contributed by atoms with van der Waals surface area (Å²) in [6, 6.07) is 17.1. The topological polar surface area (TPSA) is 20.2 Å². The highest BCUT2D eigenvalue weighted by atomic mass is 32.1. The van der Waals surface area contributed by atoms with Crippen molar-refractivity contribution in [1.82, 2.24) is 0 Å². The Morgan fingerprint density at radius 3 is 1.74 bits per heavy atom. The van der Waals surface area contributed by atoms with Gasteiger partial charge in [0.2, 0.25) is 0 Å². The van der Waals surface area contributed by atoms with E-state index >= 15 is 0 Å². The summed E-state index contributed by atoms with van der Waals surface area (Å²) in [5.74, 6) is 0.724. The van der Waals surface area contributed by atoms with Crippen molar-refractivity contribution in [2.45, 2.75) is 83.0 Å². The van der Waals surface area contributed by atoms with Gasteiger partial charge in [0.25, 0.3) is 0 Å². The average molecular weight is 385 g/mol. The Bertz CT molecular complexity index is 670. The van der Waals surface area contributed by atoms with Crippen molar-refractivity contribution in [3.8, 4) is 11.1 Å². The Kier molecular flexibility index (Phi) is 9.44. The van der Waals surface area contributed by atoms with E-state index in [1.807, 2.05) is 0 Å². The second kappa shape index (κ2) is 11.6. The summed E-state index contributed by atoms with van der Waals surface area (Å²) in [5.41, 5.74) is 4.38. The molecule has 0 saturated heterocycles. The summed E-state index contributed by atoms with van der Waals surface area (Å²) < 4.78 is 0. The third-order valence-electron chi connectivity index (χ3n) is 5.51. The predicted octanol–water partition coefficient (Wildman–Crippen LogP) is 7.22. The van der Waals surface area contributed by atoms with E-state index in [4.69, 9.17) is 0 Å². The predicted molar refractivity (Wildman–Crippen MR) is 122 cm³/mol. The smallest absolute Gasteiger partial charge is 0.0688 e. The highest BCUT2D eigenvalue weighted by Crippen LogP contribution is 2.33. The molecule has 0 bridgehead atoms. The molecular weight excluding hydrogens is 348 g/mol. The minimum absolute atomic E-state index is 0.601. The van der Waals surface area contributed by atoms with E-state index in [2.05, 4.69) is 75.0 Å². The molecular formula is C25H36OS. The zero-order valence-corrected chi connectivity index (χ0v) is 18.0. The van der Waals surface area contributed by atoms with Crippen molar-refractivity contribution in [2.75, 3.05) is 0 Å². The van der Waals surface area contributed by atoms with Gasteiger partial charge in [0.05, 0.1) is 5.60 Å². The molecule has 0 heterocycles. The van der Waals surface area contributed by atoms with Gasteiger partial charge in [-0.1, -0.05) is 101 Å². The van der Waals surface area contributed by atoms with Gasteiger partial charge in [0.1, 0.15) is 0 Å². The number of hydrogen-bond acceptors (Lipinski definition) is 2. The van der Waals surface area contributed by atoms with E-state index in [1.165, 1.54) is 47.9 Å². The first-order chi connectivity index (χ1) is 13.1. The summed E-state index contributed by atoms with van der Waals surface area (Å²) in [4.78, 5) is 0. The molecule has 148 valence electrons. The quantitative estimate of drug-likeness (QED) is 0.292. The molecule has 0 aliphatic rings. The molecule has 0 radical (unpaired) electrons. The fraction of sp³-hybridized carbons (Fsp3) is 0.520. The van der Waals surface area contributed by atoms with Crippen LogP contribution in [0.1, 0.15) is 76.3 Å². The zero-order valence-electron chi connectivity index (χ0n) is 17.1. The fourth-order valence-corrected chi connectivity index (χ4v) is 4.20. The Morgan fingerprint density at radius 1 is 0.741 bits per heavy atom. The van der Waals surface area contributed by atoms with Gasteiger partial charge in [-0.2, -0.15) is 12.6 Å². The van der Waals surface area contributed by atoms with Crippen LogP contribution in [0.5, 0.6) is 0 Å². The number of benzene rings is 2. The summed E-state index contributed by atoms with van der Waals surface area (Å²) in [6.07, 6.45) is 9.51. The normalized spacial score (nSPS) is 11.7. The van der Waals surface area contributed by atoms with Crippen molar-refractivity contribution < 1.29 is 5.11 Å². The zero-order chi connectivity index (χ0) is 19.5. The van der Waals surface area contributed by atoms with Gasteiger partial charge in [-0.15, -0.1) is 0 Å². The molecule has 0 saturated carbocycles. The fourth-order valence-electron chi connectivity index (χ4n) is 3.92. The lowest BCUT2D eigenvalue weighted by Crippen LogP contribution is -2.31. The minimum atomic E-state index is -0.601. The van der Waals surface area contributed by atoms with E-state index < -0.39 is 5.60 Å². The Hall–Kier alpha value is -1.25. The molecule has 2 heteroatoms. The lowest BCUT2D eigenvalue weighted by atomic mass is 9.82. The molecule has 2 rings (SSSR count). The summed E-state index contributed by atoms with van der Waals surface area (Å²) in [5, 5.41) is 11.5. The second-order valence-corrected chi connectivity index (χ2v) is 8.10. The van der Waals surface area contributed by atoms with Crippen LogP contribution < -0.4 is 0 Å². The summed E-state index contributed by atoms with van der Waals surface area (Å²) in [6.45, 7) is 4.44. The molecule has 1 N–H and O–H groups in total. The van der Waals surface area contributed by atoms with Crippen LogP contribution in [0.2, 0.25) is 0 Å². The first-order valence-electron chi connectivity index (χ1n) is 10.6. The van der Waals surface area contributed by atoms with Gasteiger partial charge in [-0.25, -0.2) is 0 Å². The summed E-state index contributed by atoms with van der Waals surface area (Å²) >= 11 is 4.51. The monoisotopic (exact) mass is 384 g/mol. The minimum Gasteiger partial charge on any atom is -0.390 e. The van der Waals surface area contributed by atoms with E-state index in [9.17, 15) is 5.11 Å². The second-order valence-electron chi connectivity index (χ2n) is 7.79. The molecule has 0 aliphatic heterocycles. The van der Waals surface area contributed by atoms with E-state index in [0.717, 1.165) is 37.9 Å². The summed E-state index contributed by atoms with van der Waals surface area (Å²) in [7, 11) is 0. The maximum Gasteiger partial charge on any atom is 0.0688 e. The molecule has 0 aromatic heterocycles. The highest BCUT2D eigenvalue weighted by Gasteiger charge is 2.27. The lowest BCUT2D eigenvalue weighted by Gasteiger charge is -2.30. The molecule has 0 aliphatic carbocycles. The molecule has 0 unspecified atom stereocenters. The Balaban J connectivity index is 2.29. The molecule has 2 aromatic carbocycles. The van der Waals surface area contributed by atoms with Crippen LogP contribution in [-0.4, -0.2) is 10.7 Å².